The molecule has 0 atom stereocenters. The average Bonchev–Trinajstić information content (AvgIpc) is 3.78. The van der Waals surface area contributed by atoms with E-state index >= 15 is 0 Å². The zero-order chi connectivity index (χ0) is 44.5. The molecule has 11 aromatic carbocycles. The lowest BCUT2D eigenvalue weighted by Crippen LogP contribution is -2.13. The number of hydrogen-bond acceptors (Lipinski definition) is 3. The van der Waals surface area contributed by atoms with E-state index in [4.69, 9.17) is 0 Å². The van der Waals surface area contributed by atoms with Crippen LogP contribution in [0.25, 0.3) is 75.5 Å². The van der Waals surface area contributed by atoms with Crippen LogP contribution in [0.2, 0.25) is 0 Å². The summed E-state index contributed by atoms with van der Waals surface area (Å²) in [6, 6.07) is 97.1. The minimum atomic E-state index is 1.05. The van der Waals surface area contributed by atoms with Gasteiger partial charge in [-0.15, -0.1) is 11.3 Å². The Morgan fingerprint density at radius 3 is 1.15 bits per heavy atom. The molecule has 12 aromatic rings. The molecule has 0 spiro atoms. The van der Waals surface area contributed by atoms with E-state index in [-0.39, 0.29) is 0 Å². The summed E-state index contributed by atoms with van der Waals surface area (Å²) in [4.78, 5) is 4.84. The van der Waals surface area contributed by atoms with Gasteiger partial charge in [-0.25, -0.2) is 0 Å². The number of nitrogens with zero attached hydrogens (tertiary/aromatic N) is 2. The summed E-state index contributed by atoms with van der Waals surface area (Å²) in [5.41, 5.74) is 15.8. The first kappa shape index (κ1) is 40.0. The normalized spacial score (nSPS) is 11.3. The fourth-order valence-electron chi connectivity index (χ4n) is 9.44. The maximum atomic E-state index is 2.43. The van der Waals surface area contributed by atoms with Crippen LogP contribution in [0.3, 0.4) is 0 Å². The fourth-order valence-corrected chi connectivity index (χ4v) is 10.6. The monoisotopic (exact) mass is 872 g/mol. The van der Waals surface area contributed by atoms with Gasteiger partial charge in [0.15, 0.2) is 0 Å². The Kier molecular flexibility index (Phi) is 10.4. The standard InChI is InChI=1S/C64H44N2S/c1-4-14-45(15-5-1)49-26-32-55(33-27-49)65(56-34-28-50(29-35-56)46-16-6-2-7-17-46)59-41-54(53-25-24-48-20-10-11-21-52(48)40-53)42-60(43-59)66(57-36-30-51(31-37-57)47-18-8-3-9-19-47)58-38-39-62-61-22-12-13-23-63(61)67-64(62)44-58/h1-44H. The van der Waals surface area contributed by atoms with Crippen LogP contribution in [0.4, 0.5) is 34.1 Å². The second-order valence-corrected chi connectivity index (χ2v) is 18.1. The number of rotatable bonds is 10. The van der Waals surface area contributed by atoms with Gasteiger partial charge >= 0.3 is 0 Å². The van der Waals surface area contributed by atoms with Crippen molar-refractivity contribution in [3.05, 3.63) is 267 Å². The van der Waals surface area contributed by atoms with Gasteiger partial charge in [-0.1, -0.05) is 188 Å². The highest BCUT2D eigenvalue weighted by Crippen LogP contribution is 2.46. The SMILES string of the molecule is c1ccc(-c2ccc(N(c3ccc(-c4ccccc4)cc3)c3cc(-c4ccc5ccccc5c4)cc(N(c4ccc(-c5ccccc5)cc4)c4ccc5c(c4)sc4ccccc45)c3)cc2)cc1. The molecule has 3 heteroatoms. The second kappa shape index (κ2) is 17.5. The van der Waals surface area contributed by atoms with Gasteiger partial charge in [-0.3, -0.25) is 0 Å². The molecule has 0 fully saturated rings. The Balaban J connectivity index is 1.08. The first-order valence-corrected chi connectivity index (χ1v) is 23.6. The van der Waals surface area contributed by atoms with Crippen molar-refractivity contribution in [2.45, 2.75) is 0 Å². The Bertz CT molecular complexity index is 3570. The van der Waals surface area contributed by atoms with Crippen LogP contribution in [-0.4, -0.2) is 0 Å². The van der Waals surface area contributed by atoms with E-state index in [0.29, 0.717) is 0 Å². The number of anilines is 6. The van der Waals surface area contributed by atoms with Crippen molar-refractivity contribution in [3.63, 3.8) is 0 Å². The van der Waals surface area contributed by atoms with E-state index in [2.05, 4.69) is 277 Å². The van der Waals surface area contributed by atoms with Crippen LogP contribution >= 0.6 is 11.3 Å². The lowest BCUT2D eigenvalue weighted by molar-refractivity contribution is 1.25. The Hall–Kier alpha value is -8.50. The predicted octanol–water partition coefficient (Wildman–Crippen LogP) is 18.8. The summed E-state index contributed by atoms with van der Waals surface area (Å²) >= 11 is 1.85. The molecule has 0 radical (unpaired) electrons. The van der Waals surface area contributed by atoms with Crippen molar-refractivity contribution in [3.8, 4) is 44.5 Å². The molecule has 0 aliphatic carbocycles. The van der Waals surface area contributed by atoms with Crippen LogP contribution in [0, 0.1) is 0 Å². The zero-order valence-electron chi connectivity index (χ0n) is 36.7. The zero-order valence-corrected chi connectivity index (χ0v) is 37.5. The molecule has 0 saturated carbocycles. The molecule has 0 saturated heterocycles. The second-order valence-electron chi connectivity index (χ2n) is 17.0. The molecule has 0 unspecified atom stereocenters. The lowest BCUT2D eigenvalue weighted by atomic mass is 9.98. The fraction of sp³-hybridized carbons (Fsp3) is 0. The van der Waals surface area contributed by atoms with Crippen LogP contribution in [0.1, 0.15) is 0 Å². The molecular weight excluding hydrogens is 829 g/mol. The minimum Gasteiger partial charge on any atom is -0.310 e. The topological polar surface area (TPSA) is 6.48 Å². The van der Waals surface area contributed by atoms with Crippen LogP contribution < -0.4 is 9.80 Å². The van der Waals surface area contributed by atoms with Crippen molar-refractivity contribution in [1.29, 1.82) is 0 Å². The summed E-state index contributed by atoms with van der Waals surface area (Å²) in [6.07, 6.45) is 0. The number of benzene rings is 11. The highest BCUT2D eigenvalue weighted by atomic mass is 32.1. The Labute approximate surface area is 395 Å². The van der Waals surface area contributed by atoms with Gasteiger partial charge in [0.25, 0.3) is 0 Å². The largest absolute Gasteiger partial charge is 0.310 e. The molecule has 1 heterocycles. The van der Waals surface area contributed by atoms with Gasteiger partial charge in [-0.2, -0.15) is 0 Å². The molecule has 0 N–H and O–H groups in total. The van der Waals surface area contributed by atoms with E-state index in [1.54, 1.807) is 0 Å². The Morgan fingerprint density at radius 2 is 0.612 bits per heavy atom. The summed E-state index contributed by atoms with van der Waals surface area (Å²) in [6.45, 7) is 0. The molecule has 1 aromatic heterocycles. The van der Waals surface area contributed by atoms with Crippen molar-refractivity contribution in [2.75, 3.05) is 9.80 Å². The lowest BCUT2D eigenvalue weighted by Gasteiger charge is -2.30. The molecule has 0 amide bonds. The molecule has 67 heavy (non-hydrogen) atoms. The summed E-state index contributed by atoms with van der Waals surface area (Å²) < 4.78 is 2.55. The number of thiophene rings is 1. The summed E-state index contributed by atoms with van der Waals surface area (Å²) in [5.74, 6) is 0. The maximum Gasteiger partial charge on any atom is 0.0488 e. The van der Waals surface area contributed by atoms with Gasteiger partial charge in [-0.05, 0) is 134 Å². The first-order chi connectivity index (χ1) is 33.2. The molecule has 0 aliphatic rings. The van der Waals surface area contributed by atoms with Gasteiger partial charge in [0.2, 0.25) is 0 Å². The quantitative estimate of drug-likeness (QED) is 0.135. The molecular formula is C64H44N2S. The third-order valence-corrected chi connectivity index (χ3v) is 14.0. The van der Waals surface area contributed by atoms with Gasteiger partial charge in [0, 0.05) is 54.3 Å². The molecule has 316 valence electrons. The molecule has 12 rings (SSSR count). The molecule has 0 bridgehead atoms. The predicted molar refractivity (Wildman–Crippen MR) is 288 cm³/mol. The average molecular weight is 873 g/mol. The van der Waals surface area contributed by atoms with Crippen LogP contribution in [0.5, 0.6) is 0 Å². The van der Waals surface area contributed by atoms with Crippen LogP contribution in [-0.2, 0) is 0 Å². The van der Waals surface area contributed by atoms with Crippen molar-refractivity contribution in [2.24, 2.45) is 0 Å². The van der Waals surface area contributed by atoms with E-state index < -0.39 is 0 Å². The smallest absolute Gasteiger partial charge is 0.0488 e. The van der Waals surface area contributed by atoms with Crippen molar-refractivity contribution in [1.82, 2.24) is 0 Å². The van der Waals surface area contributed by atoms with E-state index in [0.717, 1.165) is 45.3 Å². The third kappa shape index (κ3) is 7.92. The van der Waals surface area contributed by atoms with E-state index in [1.165, 1.54) is 64.3 Å². The number of hydrogen-bond donors (Lipinski definition) is 0. The highest BCUT2D eigenvalue weighted by molar-refractivity contribution is 7.25. The number of fused-ring (bicyclic) bond motifs is 4. The van der Waals surface area contributed by atoms with Gasteiger partial charge in [0.1, 0.15) is 0 Å². The molecule has 0 aliphatic heterocycles. The maximum absolute atomic E-state index is 2.43. The minimum absolute atomic E-state index is 1.05. The summed E-state index contributed by atoms with van der Waals surface area (Å²) in [5, 5.41) is 5.00. The van der Waals surface area contributed by atoms with Crippen LogP contribution in [0.15, 0.2) is 267 Å². The first-order valence-electron chi connectivity index (χ1n) is 22.8. The highest BCUT2D eigenvalue weighted by Gasteiger charge is 2.21. The third-order valence-electron chi connectivity index (χ3n) is 12.8. The van der Waals surface area contributed by atoms with E-state index in [1.807, 2.05) is 11.3 Å². The molecule has 2 nitrogen and oxygen atoms in total. The van der Waals surface area contributed by atoms with E-state index in [9.17, 15) is 0 Å². The Morgan fingerprint density at radius 1 is 0.209 bits per heavy atom. The van der Waals surface area contributed by atoms with Gasteiger partial charge < -0.3 is 9.80 Å². The van der Waals surface area contributed by atoms with Gasteiger partial charge in [0.05, 0.1) is 0 Å². The van der Waals surface area contributed by atoms with Crippen molar-refractivity contribution >= 4 is 76.4 Å². The van der Waals surface area contributed by atoms with Crippen molar-refractivity contribution < 1.29 is 0 Å². The summed E-state index contributed by atoms with van der Waals surface area (Å²) in [7, 11) is 0.